The SMILES string of the molecule is CC(C)(C)CC(=O)N1CCCC1C(=O)NC(CC(F)(F)F)C(=O)O. The van der Waals surface area contributed by atoms with Gasteiger partial charge in [0.05, 0.1) is 6.42 Å². The molecule has 0 radical (unpaired) electrons. The highest BCUT2D eigenvalue weighted by atomic mass is 19.4. The number of halogens is 3. The zero-order valence-corrected chi connectivity index (χ0v) is 13.9. The summed E-state index contributed by atoms with van der Waals surface area (Å²) in [6, 6.07) is -2.98. The van der Waals surface area contributed by atoms with Crippen molar-refractivity contribution in [1.82, 2.24) is 10.2 Å². The van der Waals surface area contributed by atoms with Gasteiger partial charge in [-0.2, -0.15) is 13.2 Å². The Labute approximate surface area is 138 Å². The fourth-order valence-corrected chi connectivity index (χ4v) is 2.59. The first kappa shape index (κ1) is 20.2. The molecule has 1 fully saturated rings. The summed E-state index contributed by atoms with van der Waals surface area (Å²) in [5, 5.41) is 10.8. The van der Waals surface area contributed by atoms with Gasteiger partial charge in [0.25, 0.3) is 0 Å². The number of hydrogen-bond acceptors (Lipinski definition) is 3. The summed E-state index contributed by atoms with van der Waals surface area (Å²) >= 11 is 0. The van der Waals surface area contributed by atoms with Crippen molar-refractivity contribution in [2.24, 2.45) is 5.41 Å². The molecule has 0 bridgehead atoms. The lowest BCUT2D eigenvalue weighted by atomic mass is 9.91. The van der Waals surface area contributed by atoms with E-state index in [-0.39, 0.29) is 17.7 Å². The monoisotopic (exact) mass is 352 g/mol. The average Bonchev–Trinajstić information content (AvgIpc) is 2.83. The fraction of sp³-hybridized carbons (Fsp3) is 0.800. The zero-order chi connectivity index (χ0) is 18.7. The molecule has 138 valence electrons. The zero-order valence-electron chi connectivity index (χ0n) is 13.9. The normalized spacial score (nSPS) is 19.9. The number of carboxylic acid groups (broad SMARTS) is 1. The van der Waals surface area contributed by atoms with Crippen LogP contribution in [0.3, 0.4) is 0 Å². The lowest BCUT2D eigenvalue weighted by Crippen LogP contribution is -2.52. The van der Waals surface area contributed by atoms with Crippen molar-refractivity contribution in [3.05, 3.63) is 0 Å². The van der Waals surface area contributed by atoms with Gasteiger partial charge in [-0.15, -0.1) is 0 Å². The van der Waals surface area contributed by atoms with Gasteiger partial charge in [-0.3, -0.25) is 9.59 Å². The molecule has 0 spiro atoms. The number of carbonyl (C=O) groups excluding carboxylic acids is 2. The maximum atomic E-state index is 12.4. The van der Waals surface area contributed by atoms with Crippen LogP contribution in [0, 0.1) is 5.41 Å². The Hall–Kier alpha value is -1.80. The summed E-state index contributed by atoms with van der Waals surface area (Å²) in [5.41, 5.74) is -0.291. The van der Waals surface area contributed by atoms with Crippen LogP contribution >= 0.6 is 0 Å². The first-order valence-electron chi connectivity index (χ1n) is 7.69. The maximum absolute atomic E-state index is 12.4. The predicted molar refractivity (Wildman–Crippen MR) is 79.0 cm³/mol. The van der Waals surface area contributed by atoms with Crippen molar-refractivity contribution >= 4 is 17.8 Å². The van der Waals surface area contributed by atoms with Crippen LogP contribution in [-0.4, -0.2) is 52.6 Å². The van der Waals surface area contributed by atoms with Crippen molar-refractivity contribution in [1.29, 1.82) is 0 Å². The second-order valence-electron chi connectivity index (χ2n) is 7.20. The van der Waals surface area contributed by atoms with Crippen LogP contribution in [-0.2, 0) is 14.4 Å². The van der Waals surface area contributed by atoms with E-state index in [0.717, 1.165) is 0 Å². The highest BCUT2D eigenvalue weighted by Gasteiger charge is 2.40. The molecular formula is C15H23F3N2O4. The summed E-state index contributed by atoms with van der Waals surface area (Å²) in [7, 11) is 0. The van der Waals surface area contributed by atoms with Crippen LogP contribution in [0.4, 0.5) is 13.2 Å². The van der Waals surface area contributed by atoms with Crippen LogP contribution in [0.15, 0.2) is 0 Å². The molecule has 0 saturated carbocycles. The van der Waals surface area contributed by atoms with Gasteiger partial charge in [0.2, 0.25) is 11.8 Å². The lowest BCUT2D eigenvalue weighted by molar-refractivity contribution is -0.160. The average molecular weight is 352 g/mol. The van der Waals surface area contributed by atoms with Gasteiger partial charge in [0.15, 0.2) is 0 Å². The third-order valence-electron chi connectivity index (χ3n) is 3.61. The van der Waals surface area contributed by atoms with Crippen LogP contribution < -0.4 is 5.32 Å². The van der Waals surface area contributed by atoms with Crippen LogP contribution in [0.25, 0.3) is 0 Å². The number of hydrogen-bond donors (Lipinski definition) is 2. The molecule has 0 aliphatic carbocycles. The van der Waals surface area contributed by atoms with E-state index in [1.165, 1.54) is 4.90 Å². The van der Waals surface area contributed by atoms with Crippen molar-refractivity contribution in [2.75, 3.05) is 6.54 Å². The molecule has 9 heteroatoms. The number of likely N-dealkylation sites (tertiary alicyclic amines) is 1. The van der Waals surface area contributed by atoms with Crippen LogP contribution in [0.5, 0.6) is 0 Å². The number of alkyl halides is 3. The third-order valence-corrected chi connectivity index (χ3v) is 3.61. The van der Waals surface area contributed by atoms with Crippen LogP contribution in [0.1, 0.15) is 46.5 Å². The van der Waals surface area contributed by atoms with Gasteiger partial charge in [0, 0.05) is 13.0 Å². The molecular weight excluding hydrogens is 329 g/mol. The van der Waals surface area contributed by atoms with Gasteiger partial charge in [-0.25, -0.2) is 4.79 Å². The number of amides is 2. The fourth-order valence-electron chi connectivity index (χ4n) is 2.59. The van der Waals surface area contributed by atoms with Gasteiger partial charge in [-0.1, -0.05) is 20.8 Å². The Balaban J connectivity index is 2.77. The minimum absolute atomic E-state index is 0.196. The number of rotatable bonds is 5. The largest absolute Gasteiger partial charge is 0.480 e. The smallest absolute Gasteiger partial charge is 0.391 e. The standard InChI is InChI=1S/C15H23F3N2O4/c1-14(2,3)8-11(21)20-6-4-5-10(20)12(22)19-9(13(23)24)7-15(16,17)18/h9-10H,4-8H2,1-3H3,(H,19,22)(H,23,24). The molecule has 0 aromatic carbocycles. The quantitative estimate of drug-likeness (QED) is 0.792. The molecule has 0 aromatic heterocycles. The highest BCUT2D eigenvalue weighted by molar-refractivity contribution is 5.91. The molecule has 0 aromatic rings. The minimum atomic E-state index is -4.71. The Kier molecular flexibility index (Phi) is 6.24. The summed E-state index contributed by atoms with van der Waals surface area (Å²) in [6.45, 7) is 5.92. The van der Waals surface area contributed by atoms with Crippen molar-refractivity contribution in [3.63, 3.8) is 0 Å². The number of nitrogens with one attached hydrogen (secondary N) is 1. The summed E-state index contributed by atoms with van der Waals surface area (Å²) in [5.74, 6) is -2.87. The second kappa shape index (κ2) is 7.40. The first-order valence-corrected chi connectivity index (χ1v) is 7.69. The molecule has 1 rings (SSSR count). The highest BCUT2D eigenvalue weighted by Crippen LogP contribution is 2.26. The van der Waals surface area contributed by atoms with E-state index < -0.39 is 36.6 Å². The predicted octanol–water partition coefficient (Wildman–Crippen LogP) is 1.94. The first-order chi connectivity index (χ1) is 10.8. The van der Waals surface area contributed by atoms with E-state index in [1.807, 2.05) is 26.1 Å². The van der Waals surface area contributed by atoms with Gasteiger partial charge in [-0.05, 0) is 18.3 Å². The molecule has 2 unspecified atom stereocenters. The second-order valence-corrected chi connectivity index (χ2v) is 7.20. The molecule has 1 saturated heterocycles. The number of carboxylic acids is 1. The Morgan fingerprint density at radius 3 is 2.29 bits per heavy atom. The number of carbonyl (C=O) groups is 3. The summed E-state index contributed by atoms with van der Waals surface area (Å²) in [6.07, 6.45) is -5.32. The molecule has 1 aliphatic rings. The van der Waals surface area contributed by atoms with Gasteiger partial charge in [0.1, 0.15) is 12.1 Å². The third kappa shape index (κ3) is 6.37. The number of nitrogens with zero attached hydrogens (tertiary/aromatic N) is 1. The van der Waals surface area contributed by atoms with E-state index in [2.05, 4.69) is 0 Å². The Morgan fingerprint density at radius 2 is 1.83 bits per heavy atom. The Bertz CT molecular complexity index is 500. The van der Waals surface area contributed by atoms with Crippen LogP contribution in [0.2, 0.25) is 0 Å². The van der Waals surface area contributed by atoms with E-state index in [1.54, 1.807) is 0 Å². The summed E-state index contributed by atoms with van der Waals surface area (Å²) in [4.78, 5) is 36.7. The van der Waals surface area contributed by atoms with Gasteiger partial charge < -0.3 is 15.3 Å². The van der Waals surface area contributed by atoms with E-state index >= 15 is 0 Å². The molecule has 24 heavy (non-hydrogen) atoms. The van der Waals surface area contributed by atoms with E-state index in [0.29, 0.717) is 19.4 Å². The molecule has 2 atom stereocenters. The van der Waals surface area contributed by atoms with Crippen molar-refractivity contribution in [3.8, 4) is 0 Å². The van der Waals surface area contributed by atoms with E-state index in [4.69, 9.17) is 5.11 Å². The molecule has 6 nitrogen and oxygen atoms in total. The Morgan fingerprint density at radius 1 is 1.25 bits per heavy atom. The molecule has 1 heterocycles. The molecule has 1 aliphatic heterocycles. The van der Waals surface area contributed by atoms with Gasteiger partial charge >= 0.3 is 12.1 Å². The lowest BCUT2D eigenvalue weighted by Gasteiger charge is -2.28. The minimum Gasteiger partial charge on any atom is -0.480 e. The van der Waals surface area contributed by atoms with Crippen molar-refractivity contribution in [2.45, 2.75) is 64.7 Å². The molecule has 2 amide bonds. The van der Waals surface area contributed by atoms with Crippen molar-refractivity contribution < 1.29 is 32.7 Å². The summed E-state index contributed by atoms with van der Waals surface area (Å²) < 4.78 is 37.2. The maximum Gasteiger partial charge on any atom is 0.391 e. The topological polar surface area (TPSA) is 86.7 Å². The van der Waals surface area contributed by atoms with E-state index in [9.17, 15) is 27.6 Å². The number of aliphatic carboxylic acids is 1. The molecule has 2 N–H and O–H groups in total.